The Labute approximate surface area is 102 Å². The Morgan fingerprint density at radius 2 is 1.33 bits per heavy atom. The van der Waals surface area contributed by atoms with Crippen LogP contribution in [0.5, 0.6) is 0 Å². The van der Waals surface area contributed by atoms with Crippen LogP contribution >= 0.6 is 0 Å². The van der Waals surface area contributed by atoms with Crippen molar-refractivity contribution in [1.29, 1.82) is 0 Å². The monoisotopic (exact) mass is 296 g/mol. The SMILES string of the molecule is C1=CC2C=CC1C2.O=C1C=CC(=O)O1.[Pd]. The van der Waals surface area contributed by atoms with Crippen molar-refractivity contribution < 1.29 is 34.7 Å². The van der Waals surface area contributed by atoms with Crippen LogP contribution in [0, 0.1) is 11.8 Å². The fourth-order valence-corrected chi connectivity index (χ4v) is 1.63. The first-order chi connectivity index (χ1) is 6.74. The Morgan fingerprint density at radius 3 is 1.47 bits per heavy atom. The second-order valence-corrected chi connectivity index (χ2v) is 3.41. The summed E-state index contributed by atoms with van der Waals surface area (Å²) in [6, 6.07) is 0. The number of allylic oxidation sites excluding steroid dienone is 4. The summed E-state index contributed by atoms with van der Waals surface area (Å²) in [6.45, 7) is 0. The van der Waals surface area contributed by atoms with Crippen LogP contribution in [-0.4, -0.2) is 11.9 Å². The number of rotatable bonds is 0. The van der Waals surface area contributed by atoms with Gasteiger partial charge >= 0.3 is 11.9 Å². The largest absolute Gasteiger partial charge is 0.387 e. The van der Waals surface area contributed by atoms with Crippen molar-refractivity contribution in [2.45, 2.75) is 6.42 Å². The molecule has 0 unspecified atom stereocenters. The summed E-state index contributed by atoms with van der Waals surface area (Å²) in [5, 5.41) is 0. The first kappa shape index (κ1) is 12.1. The molecule has 0 N–H and O–H groups in total. The summed E-state index contributed by atoms with van der Waals surface area (Å²) in [4.78, 5) is 19.8. The molecule has 0 spiro atoms. The average Bonchev–Trinajstić information content (AvgIpc) is 2.84. The molecule has 3 aliphatic rings. The molecule has 3 nitrogen and oxygen atoms in total. The molecule has 0 aromatic rings. The minimum atomic E-state index is -0.579. The molecule has 0 radical (unpaired) electrons. The van der Waals surface area contributed by atoms with Gasteiger partial charge in [0.25, 0.3) is 0 Å². The van der Waals surface area contributed by atoms with E-state index in [1.807, 2.05) is 0 Å². The number of cyclic esters (lactones) is 2. The third-order valence-electron chi connectivity index (χ3n) is 2.31. The Hall–Kier alpha value is -0.978. The minimum Gasteiger partial charge on any atom is -0.387 e. The molecule has 1 aliphatic heterocycles. The number of esters is 2. The Bertz CT molecular complexity index is 311. The van der Waals surface area contributed by atoms with Crippen LogP contribution < -0.4 is 0 Å². The molecular formula is C11H10O3Pd. The summed E-state index contributed by atoms with van der Waals surface area (Å²) >= 11 is 0. The van der Waals surface area contributed by atoms with Gasteiger partial charge in [-0.25, -0.2) is 9.59 Å². The van der Waals surface area contributed by atoms with Crippen molar-refractivity contribution in [3.05, 3.63) is 36.5 Å². The van der Waals surface area contributed by atoms with Crippen LogP contribution in [0.15, 0.2) is 36.5 Å². The molecule has 0 saturated heterocycles. The summed E-state index contributed by atoms with van der Waals surface area (Å²) in [5.41, 5.74) is 0. The molecule has 2 aliphatic carbocycles. The number of hydrogen-bond acceptors (Lipinski definition) is 3. The van der Waals surface area contributed by atoms with Gasteiger partial charge in [-0.3, -0.25) is 0 Å². The smallest absolute Gasteiger partial charge is 0.338 e. The summed E-state index contributed by atoms with van der Waals surface area (Å²) in [7, 11) is 0. The normalized spacial score (nSPS) is 28.5. The van der Waals surface area contributed by atoms with Gasteiger partial charge in [0.05, 0.1) is 0 Å². The molecule has 2 bridgehead atoms. The number of carbonyl (C=O) groups is 2. The van der Waals surface area contributed by atoms with Gasteiger partial charge in [-0.1, -0.05) is 24.3 Å². The molecule has 0 fully saturated rings. The first-order valence-corrected chi connectivity index (χ1v) is 4.54. The second-order valence-electron chi connectivity index (χ2n) is 3.41. The maximum atomic E-state index is 9.92. The first-order valence-electron chi connectivity index (χ1n) is 4.54. The van der Waals surface area contributed by atoms with E-state index in [0.717, 1.165) is 24.0 Å². The molecule has 0 aromatic carbocycles. The van der Waals surface area contributed by atoms with Crippen LogP contribution in [0.4, 0.5) is 0 Å². The Kier molecular flexibility index (Phi) is 4.19. The molecule has 0 aromatic heterocycles. The molecule has 3 rings (SSSR count). The van der Waals surface area contributed by atoms with Crippen molar-refractivity contribution in [2.24, 2.45) is 11.8 Å². The van der Waals surface area contributed by atoms with Crippen molar-refractivity contribution in [1.82, 2.24) is 0 Å². The molecule has 82 valence electrons. The van der Waals surface area contributed by atoms with Gasteiger partial charge < -0.3 is 4.74 Å². The van der Waals surface area contributed by atoms with E-state index >= 15 is 0 Å². The van der Waals surface area contributed by atoms with Crippen molar-refractivity contribution in [2.75, 3.05) is 0 Å². The van der Waals surface area contributed by atoms with E-state index in [-0.39, 0.29) is 20.4 Å². The molecule has 1 heterocycles. The number of ether oxygens (including phenoxy) is 1. The van der Waals surface area contributed by atoms with E-state index in [9.17, 15) is 9.59 Å². The number of carbonyl (C=O) groups excluding carboxylic acids is 2. The maximum absolute atomic E-state index is 9.92. The molecular weight excluding hydrogens is 287 g/mol. The zero-order valence-corrected chi connectivity index (χ0v) is 9.42. The third-order valence-corrected chi connectivity index (χ3v) is 2.31. The van der Waals surface area contributed by atoms with E-state index in [1.54, 1.807) is 0 Å². The van der Waals surface area contributed by atoms with E-state index in [2.05, 4.69) is 29.0 Å². The fourth-order valence-electron chi connectivity index (χ4n) is 1.63. The van der Waals surface area contributed by atoms with Crippen LogP contribution in [0.25, 0.3) is 0 Å². The van der Waals surface area contributed by atoms with E-state index in [4.69, 9.17) is 0 Å². The molecule has 15 heavy (non-hydrogen) atoms. The van der Waals surface area contributed by atoms with Crippen LogP contribution in [-0.2, 0) is 34.7 Å². The summed E-state index contributed by atoms with van der Waals surface area (Å²) < 4.78 is 3.97. The van der Waals surface area contributed by atoms with Crippen molar-refractivity contribution in [3.63, 3.8) is 0 Å². The predicted molar refractivity (Wildman–Crippen MR) is 50.1 cm³/mol. The van der Waals surface area contributed by atoms with Gasteiger partial charge in [-0.2, -0.15) is 0 Å². The second kappa shape index (κ2) is 5.20. The van der Waals surface area contributed by atoms with Crippen LogP contribution in [0.1, 0.15) is 6.42 Å². The molecule has 4 heteroatoms. The average molecular weight is 297 g/mol. The van der Waals surface area contributed by atoms with Gasteiger partial charge in [0.2, 0.25) is 0 Å². The van der Waals surface area contributed by atoms with E-state index < -0.39 is 11.9 Å². The number of fused-ring (bicyclic) bond motifs is 2. The fraction of sp³-hybridized carbons (Fsp3) is 0.273. The van der Waals surface area contributed by atoms with Gasteiger partial charge in [0.15, 0.2) is 0 Å². The zero-order chi connectivity index (χ0) is 9.97. The topological polar surface area (TPSA) is 43.4 Å². The zero-order valence-electron chi connectivity index (χ0n) is 7.87. The quantitative estimate of drug-likeness (QED) is 0.293. The van der Waals surface area contributed by atoms with Crippen LogP contribution in [0.3, 0.4) is 0 Å². The van der Waals surface area contributed by atoms with E-state index in [0.29, 0.717) is 0 Å². The van der Waals surface area contributed by atoms with Gasteiger partial charge in [-0.05, 0) is 18.3 Å². The Morgan fingerprint density at radius 1 is 0.933 bits per heavy atom. The predicted octanol–water partition coefficient (Wildman–Crippen LogP) is 1.37. The molecule has 0 amide bonds. The molecule has 0 saturated carbocycles. The maximum Gasteiger partial charge on any atom is 0.338 e. The van der Waals surface area contributed by atoms with E-state index in [1.165, 1.54) is 6.42 Å². The standard InChI is InChI=1S/C7H8.C4H2O3.Pd/c1-2-7-4-3-6(1)5-7;5-3-1-2-4(6)7-3;/h1-4,6-7H,5H2;1-2H;. The Balaban J connectivity index is 0.000000141. The number of hydrogen-bond donors (Lipinski definition) is 0. The van der Waals surface area contributed by atoms with Gasteiger partial charge in [0.1, 0.15) is 0 Å². The molecule has 0 atom stereocenters. The van der Waals surface area contributed by atoms with Gasteiger partial charge in [0, 0.05) is 32.6 Å². The van der Waals surface area contributed by atoms with Crippen molar-refractivity contribution >= 4 is 11.9 Å². The summed E-state index contributed by atoms with van der Waals surface area (Å²) in [6.07, 6.45) is 12.7. The van der Waals surface area contributed by atoms with Crippen molar-refractivity contribution in [3.8, 4) is 0 Å². The van der Waals surface area contributed by atoms with Gasteiger partial charge in [-0.15, -0.1) is 0 Å². The third kappa shape index (κ3) is 3.26. The summed E-state index contributed by atoms with van der Waals surface area (Å²) in [5.74, 6) is 0.463. The minimum absolute atomic E-state index is 0. The van der Waals surface area contributed by atoms with Crippen LogP contribution in [0.2, 0.25) is 0 Å².